The molecule has 1 radical (unpaired) electrons. The van der Waals surface area contributed by atoms with E-state index in [0.29, 0.717) is 0 Å². The molecule has 1 heteroatoms. The molecule has 0 N–H and O–H groups in total. The first kappa shape index (κ1) is 9.21. The summed E-state index contributed by atoms with van der Waals surface area (Å²) in [5.41, 5.74) is 7.58. The highest BCUT2D eigenvalue weighted by Gasteiger charge is 2.31. The summed E-state index contributed by atoms with van der Waals surface area (Å²) < 4.78 is 0. The number of allylic oxidation sites excluding steroid dienone is 6. The molecule has 0 aromatic carbocycles. The first-order valence-electron chi connectivity index (χ1n) is 4.72. The van der Waals surface area contributed by atoms with Crippen LogP contribution >= 0.6 is 7.92 Å². The van der Waals surface area contributed by atoms with Gasteiger partial charge in [-0.2, -0.15) is 0 Å². The zero-order chi connectivity index (χ0) is 9.75. The second-order valence-electron chi connectivity index (χ2n) is 3.99. The minimum Gasteiger partial charge on any atom is -0.0739 e. The van der Waals surface area contributed by atoms with Crippen LogP contribution in [0.5, 0.6) is 0 Å². The van der Waals surface area contributed by atoms with E-state index >= 15 is 0 Å². The van der Waals surface area contributed by atoms with E-state index < -0.39 is 0 Å². The van der Waals surface area contributed by atoms with Crippen LogP contribution in [0.4, 0.5) is 0 Å². The SMILES string of the molecule is CC1=C(C)C2=C(C)P(C)[CH]C2=C1C. The summed E-state index contributed by atoms with van der Waals surface area (Å²) in [5.74, 6) is 0. The molecule has 0 amide bonds. The lowest BCUT2D eigenvalue weighted by atomic mass is 10.1. The molecule has 13 heavy (non-hydrogen) atoms. The molecule has 69 valence electrons. The Bertz CT molecular complexity index is 367. The lowest BCUT2D eigenvalue weighted by Gasteiger charge is -2.06. The van der Waals surface area contributed by atoms with Gasteiger partial charge in [-0.25, -0.2) is 0 Å². The van der Waals surface area contributed by atoms with Crippen molar-refractivity contribution in [3.05, 3.63) is 39.3 Å². The smallest absolute Gasteiger partial charge is 0.0197 e. The van der Waals surface area contributed by atoms with Crippen molar-refractivity contribution in [2.24, 2.45) is 0 Å². The van der Waals surface area contributed by atoms with E-state index in [2.05, 4.69) is 40.5 Å². The summed E-state index contributed by atoms with van der Waals surface area (Å²) in [7, 11) is 0.0308. The lowest BCUT2D eigenvalue weighted by molar-refractivity contribution is 1.31. The molecule has 1 aliphatic carbocycles. The first-order valence-corrected chi connectivity index (χ1v) is 6.58. The normalized spacial score (nSPS) is 27.9. The Morgan fingerprint density at radius 2 is 1.54 bits per heavy atom. The molecule has 0 saturated heterocycles. The van der Waals surface area contributed by atoms with Gasteiger partial charge in [-0.3, -0.25) is 0 Å². The van der Waals surface area contributed by atoms with E-state index in [4.69, 9.17) is 0 Å². The van der Waals surface area contributed by atoms with Crippen LogP contribution in [-0.2, 0) is 0 Å². The van der Waals surface area contributed by atoms with Crippen LogP contribution in [0.25, 0.3) is 0 Å². The van der Waals surface area contributed by atoms with Crippen molar-refractivity contribution >= 4 is 7.92 Å². The third-order valence-corrected chi connectivity index (χ3v) is 5.31. The topological polar surface area (TPSA) is 0 Å². The van der Waals surface area contributed by atoms with E-state index in [1.807, 2.05) is 0 Å². The van der Waals surface area contributed by atoms with Gasteiger partial charge in [-0.1, -0.05) is 7.92 Å². The molecular formula is C12H16P. The number of rotatable bonds is 0. The molecule has 2 aliphatic rings. The zero-order valence-electron chi connectivity index (χ0n) is 9.02. The maximum absolute atomic E-state index is 2.47. The lowest BCUT2D eigenvalue weighted by Crippen LogP contribution is -1.81. The van der Waals surface area contributed by atoms with Crippen LogP contribution in [-0.4, -0.2) is 6.66 Å². The van der Waals surface area contributed by atoms with Crippen molar-refractivity contribution in [3.8, 4) is 0 Å². The third kappa shape index (κ3) is 1.08. The zero-order valence-corrected chi connectivity index (χ0v) is 9.92. The molecule has 2 rings (SSSR count). The average Bonchev–Trinajstić information content (AvgIpc) is 2.48. The summed E-state index contributed by atoms with van der Waals surface area (Å²) in [4.78, 5) is 0. The van der Waals surface area contributed by atoms with E-state index in [1.54, 1.807) is 10.9 Å². The molecule has 0 aromatic rings. The molecule has 1 atom stereocenters. The van der Waals surface area contributed by atoms with Crippen molar-refractivity contribution in [2.45, 2.75) is 27.7 Å². The monoisotopic (exact) mass is 191 g/mol. The minimum atomic E-state index is 0.0308. The van der Waals surface area contributed by atoms with Crippen molar-refractivity contribution < 1.29 is 0 Å². The summed E-state index contributed by atoms with van der Waals surface area (Å²) in [5, 5.41) is 1.61. The van der Waals surface area contributed by atoms with Crippen LogP contribution < -0.4 is 0 Å². The standard InChI is InChI=1S/C12H16P/c1-7-8(2)11-6-13(5)10(4)12(11)9(7)3/h6H,1-5H3. The van der Waals surface area contributed by atoms with Crippen molar-refractivity contribution in [3.63, 3.8) is 0 Å². The molecule has 0 saturated carbocycles. The highest BCUT2D eigenvalue weighted by Crippen LogP contribution is 2.60. The predicted molar refractivity (Wildman–Crippen MR) is 60.9 cm³/mol. The average molecular weight is 191 g/mol. The minimum absolute atomic E-state index is 0.0308. The van der Waals surface area contributed by atoms with E-state index in [1.165, 1.54) is 22.3 Å². The first-order chi connectivity index (χ1) is 6.04. The van der Waals surface area contributed by atoms with E-state index in [9.17, 15) is 0 Å². The molecule has 0 fully saturated rings. The largest absolute Gasteiger partial charge is 0.0739 e. The van der Waals surface area contributed by atoms with Crippen LogP contribution in [0.1, 0.15) is 27.7 Å². The van der Waals surface area contributed by atoms with Crippen LogP contribution in [0.2, 0.25) is 0 Å². The number of hydrogen-bond donors (Lipinski definition) is 0. The number of hydrogen-bond acceptors (Lipinski definition) is 0. The molecule has 1 unspecified atom stereocenters. The van der Waals surface area contributed by atoms with Gasteiger partial charge in [0, 0.05) is 6.16 Å². The van der Waals surface area contributed by atoms with Crippen molar-refractivity contribution in [1.29, 1.82) is 0 Å². The molecule has 0 spiro atoms. The second-order valence-corrected chi connectivity index (χ2v) is 6.14. The Balaban J connectivity index is 2.64. The van der Waals surface area contributed by atoms with Crippen LogP contribution in [0.15, 0.2) is 33.2 Å². The Kier molecular flexibility index (Phi) is 2.00. The fourth-order valence-corrected chi connectivity index (χ4v) is 3.70. The predicted octanol–water partition coefficient (Wildman–Crippen LogP) is 4.21. The van der Waals surface area contributed by atoms with Gasteiger partial charge in [0.25, 0.3) is 0 Å². The van der Waals surface area contributed by atoms with Crippen molar-refractivity contribution in [1.82, 2.24) is 0 Å². The summed E-state index contributed by atoms with van der Waals surface area (Å²) in [6, 6.07) is 0. The number of fused-ring (bicyclic) bond motifs is 1. The molecule has 1 heterocycles. The van der Waals surface area contributed by atoms with Gasteiger partial charge < -0.3 is 0 Å². The fraction of sp³-hybridized carbons (Fsp3) is 0.417. The quantitative estimate of drug-likeness (QED) is 0.503. The van der Waals surface area contributed by atoms with Gasteiger partial charge in [0.2, 0.25) is 0 Å². The maximum Gasteiger partial charge on any atom is 0.0197 e. The van der Waals surface area contributed by atoms with Crippen LogP contribution in [0, 0.1) is 6.16 Å². The molecular weight excluding hydrogens is 175 g/mol. The van der Waals surface area contributed by atoms with Gasteiger partial charge in [0.1, 0.15) is 0 Å². The fourth-order valence-electron chi connectivity index (χ4n) is 2.15. The Morgan fingerprint density at radius 1 is 0.923 bits per heavy atom. The summed E-state index contributed by atoms with van der Waals surface area (Å²) >= 11 is 0. The highest BCUT2D eigenvalue weighted by atomic mass is 31.1. The molecule has 0 nitrogen and oxygen atoms in total. The Hall–Kier alpha value is -0.350. The highest BCUT2D eigenvalue weighted by molar-refractivity contribution is 7.64. The summed E-state index contributed by atoms with van der Waals surface area (Å²) in [6.07, 6.45) is 2.47. The van der Waals surface area contributed by atoms with Crippen LogP contribution in [0.3, 0.4) is 0 Å². The molecule has 0 bridgehead atoms. The summed E-state index contributed by atoms with van der Waals surface area (Å²) in [6.45, 7) is 11.4. The van der Waals surface area contributed by atoms with Crippen molar-refractivity contribution in [2.75, 3.05) is 6.66 Å². The van der Waals surface area contributed by atoms with Gasteiger partial charge in [0.15, 0.2) is 0 Å². The van der Waals surface area contributed by atoms with Gasteiger partial charge in [-0.15, -0.1) is 0 Å². The Labute approximate surface area is 82.2 Å². The third-order valence-electron chi connectivity index (χ3n) is 3.39. The Morgan fingerprint density at radius 3 is 2.08 bits per heavy atom. The van der Waals surface area contributed by atoms with E-state index in [0.717, 1.165) is 0 Å². The van der Waals surface area contributed by atoms with E-state index in [-0.39, 0.29) is 7.92 Å². The second kappa shape index (κ2) is 2.82. The molecule has 0 aromatic heterocycles. The van der Waals surface area contributed by atoms with Gasteiger partial charge >= 0.3 is 0 Å². The molecule has 1 aliphatic heterocycles. The van der Waals surface area contributed by atoms with Gasteiger partial charge in [0.05, 0.1) is 0 Å². The maximum atomic E-state index is 2.47. The van der Waals surface area contributed by atoms with Gasteiger partial charge in [-0.05, 0) is 67.5 Å².